The van der Waals surface area contributed by atoms with E-state index in [1.54, 1.807) is 12.4 Å². The molecular formula is C12H13ClN2O. The summed E-state index contributed by atoms with van der Waals surface area (Å²) >= 11 is 6.06. The predicted octanol–water partition coefficient (Wildman–Crippen LogP) is 3.27. The van der Waals surface area contributed by atoms with E-state index in [-0.39, 0.29) is 0 Å². The Bertz CT molecular complexity index is 481. The van der Waals surface area contributed by atoms with Gasteiger partial charge in [-0.2, -0.15) is 0 Å². The Kier molecular flexibility index (Phi) is 3.15. The van der Waals surface area contributed by atoms with E-state index in [1.807, 2.05) is 37.1 Å². The molecule has 16 heavy (non-hydrogen) atoms. The maximum absolute atomic E-state index is 6.06. The topological polar surface area (TPSA) is 29.3 Å². The fourth-order valence-corrected chi connectivity index (χ4v) is 1.83. The molecule has 0 atom stereocenters. The molecule has 0 amide bonds. The Morgan fingerprint density at radius 3 is 2.81 bits per heavy atom. The summed E-state index contributed by atoms with van der Waals surface area (Å²) in [7, 11) is 1.97. The van der Waals surface area contributed by atoms with E-state index in [9.17, 15) is 0 Å². The Morgan fingerprint density at radius 1 is 1.38 bits per heavy atom. The fraction of sp³-hybridized carbons (Fsp3) is 0.250. The first-order valence-electron chi connectivity index (χ1n) is 5.03. The van der Waals surface area contributed by atoms with Gasteiger partial charge in [-0.05, 0) is 25.1 Å². The molecule has 0 aromatic carbocycles. The number of furan rings is 1. The molecule has 0 bridgehead atoms. The van der Waals surface area contributed by atoms with E-state index in [1.165, 1.54) is 0 Å². The molecule has 0 spiro atoms. The van der Waals surface area contributed by atoms with Gasteiger partial charge in [0.1, 0.15) is 11.5 Å². The van der Waals surface area contributed by atoms with Gasteiger partial charge in [-0.15, -0.1) is 0 Å². The van der Waals surface area contributed by atoms with Crippen molar-refractivity contribution in [3.63, 3.8) is 0 Å². The van der Waals surface area contributed by atoms with Gasteiger partial charge < -0.3 is 9.32 Å². The number of aryl methyl sites for hydroxylation is 1. The molecule has 2 aromatic rings. The number of hydrogen-bond acceptors (Lipinski definition) is 3. The van der Waals surface area contributed by atoms with Crippen molar-refractivity contribution in [2.75, 3.05) is 11.9 Å². The molecule has 0 aliphatic rings. The summed E-state index contributed by atoms with van der Waals surface area (Å²) in [5.74, 6) is 1.84. The molecular weight excluding hydrogens is 224 g/mol. The third kappa shape index (κ3) is 2.36. The van der Waals surface area contributed by atoms with Gasteiger partial charge in [0.15, 0.2) is 0 Å². The highest BCUT2D eigenvalue weighted by molar-refractivity contribution is 6.33. The zero-order chi connectivity index (χ0) is 11.5. The molecule has 2 rings (SSSR count). The Hall–Kier alpha value is -1.48. The van der Waals surface area contributed by atoms with Crippen LogP contribution >= 0.6 is 11.6 Å². The molecule has 0 fully saturated rings. The maximum atomic E-state index is 6.06. The van der Waals surface area contributed by atoms with E-state index in [0.29, 0.717) is 11.6 Å². The van der Waals surface area contributed by atoms with Gasteiger partial charge in [0, 0.05) is 19.4 Å². The second-order valence-corrected chi connectivity index (χ2v) is 4.10. The smallest absolute Gasteiger partial charge is 0.123 e. The highest BCUT2D eigenvalue weighted by Gasteiger charge is 2.08. The fourth-order valence-electron chi connectivity index (χ4n) is 1.57. The van der Waals surface area contributed by atoms with Gasteiger partial charge in [0.25, 0.3) is 0 Å². The first-order chi connectivity index (χ1) is 7.66. The second kappa shape index (κ2) is 4.58. The minimum atomic E-state index is 0.647. The number of aromatic nitrogens is 1. The predicted molar refractivity (Wildman–Crippen MR) is 64.8 cm³/mol. The van der Waals surface area contributed by atoms with Gasteiger partial charge in [-0.25, -0.2) is 0 Å². The summed E-state index contributed by atoms with van der Waals surface area (Å²) in [5.41, 5.74) is 0.950. The van der Waals surface area contributed by atoms with Gasteiger partial charge in [0.05, 0.1) is 17.3 Å². The highest BCUT2D eigenvalue weighted by Crippen LogP contribution is 2.24. The standard InChI is InChI=1S/C12H13ClN2O/c1-9-3-4-10(16-9)8-15(2)12-5-6-14-7-11(12)13/h3-7H,8H2,1-2H3. The van der Waals surface area contributed by atoms with E-state index >= 15 is 0 Å². The van der Waals surface area contributed by atoms with Crippen LogP contribution in [0.5, 0.6) is 0 Å². The van der Waals surface area contributed by atoms with Crippen molar-refractivity contribution in [2.24, 2.45) is 0 Å². The summed E-state index contributed by atoms with van der Waals surface area (Å²) < 4.78 is 5.52. The van der Waals surface area contributed by atoms with Crippen molar-refractivity contribution in [3.8, 4) is 0 Å². The summed E-state index contributed by atoms with van der Waals surface area (Å²) in [4.78, 5) is 5.99. The minimum absolute atomic E-state index is 0.647. The van der Waals surface area contributed by atoms with Gasteiger partial charge in [-0.1, -0.05) is 11.6 Å². The minimum Gasteiger partial charge on any atom is -0.464 e. The SMILES string of the molecule is Cc1ccc(CN(C)c2ccncc2Cl)o1. The summed E-state index contributed by atoms with van der Waals surface area (Å²) in [6.45, 7) is 2.63. The van der Waals surface area contributed by atoms with Crippen molar-refractivity contribution in [1.29, 1.82) is 0 Å². The first-order valence-corrected chi connectivity index (χ1v) is 5.40. The number of halogens is 1. The lowest BCUT2D eigenvalue weighted by molar-refractivity contribution is 0.482. The largest absolute Gasteiger partial charge is 0.464 e. The molecule has 0 radical (unpaired) electrons. The monoisotopic (exact) mass is 236 g/mol. The normalized spacial score (nSPS) is 10.4. The molecule has 0 N–H and O–H groups in total. The average molecular weight is 237 g/mol. The first kappa shape index (κ1) is 11.0. The molecule has 0 saturated heterocycles. The summed E-state index contributed by atoms with van der Waals surface area (Å²) in [6, 6.07) is 5.82. The number of hydrogen-bond donors (Lipinski definition) is 0. The van der Waals surface area contributed by atoms with Crippen LogP contribution in [-0.2, 0) is 6.54 Å². The van der Waals surface area contributed by atoms with Crippen LogP contribution in [0.1, 0.15) is 11.5 Å². The lowest BCUT2D eigenvalue weighted by atomic mass is 10.3. The average Bonchev–Trinajstić information content (AvgIpc) is 2.64. The zero-order valence-electron chi connectivity index (χ0n) is 9.27. The van der Waals surface area contributed by atoms with E-state index in [2.05, 4.69) is 4.98 Å². The highest BCUT2D eigenvalue weighted by atomic mass is 35.5. The van der Waals surface area contributed by atoms with Crippen LogP contribution in [0.25, 0.3) is 0 Å². The molecule has 2 heterocycles. The Balaban J connectivity index is 2.14. The van der Waals surface area contributed by atoms with Crippen LogP contribution in [0.3, 0.4) is 0 Å². The van der Waals surface area contributed by atoms with Crippen molar-refractivity contribution >= 4 is 17.3 Å². The number of pyridine rings is 1. The van der Waals surface area contributed by atoms with Crippen molar-refractivity contribution < 1.29 is 4.42 Å². The molecule has 84 valence electrons. The molecule has 0 unspecified atom stereocenters. The Labute approximate surface area is 99.7 Å². The van der Waals surface area contributed by atoms with Crippen LogP contribution in [0.15, 0.2) is 35.0 Å². The van der Waals surface area contributed by atoms with Crippen LogP contribution in [0.4, 0.5) is 5.69 Å². The van der Waals surface area contributed by atoms with Crippen molar-refractivity contribution in [3.05, 3.63) is 47.1 Å². The van der Waals surface area contributed by atoms with E-state index in [0.717, 1.165) is 17.2 Å². The van der Waals surface area contributed by atoms with Crippen molar-refractivity contribution in [2.45, 2.75) is 13.5 Å². The van der Waals surface area contributed by atoms with Crippen LogP contribution < -0.4 is 4.90 Å². The molecule has 0 aliphatic heterocycles. The zero-order valence-corrected chi connectivity index (χ0v) is 10.0. The second-order valence-electron chi connectivity index (χ2n) is 3.70. The molecule has 2 aromatic heterocycles. The van der Waals surface area contributed by atoms with Crippen LogP contribution in [0, 0.1) is 6.92 Å². The number of anilines is 1. The van der Waals surface area contributed by atoms with Crippen molar-refractivity contribution in [1.82, 2.24) is 4.98 Å². The Morgan fingerprint density at radius 2 is 2.19 bits per heavy atom. The van der Waals surface area contributed by atoms with E-state index < -0.39 is 0 Å². The van der Waals surface area contributed by atoms with Crippen LogP contribution in [-0.4, -0.2) is 12.0 Å². The quantitative estimate of drug-likeness (QED) is 0.819. The molecule has 3 nitrogen and oxygen atoms in total. The van der Waals surface area contributed by atoms with Crippen LogP contribution in [0.2, 0.25) is 5.02 Å². The molecule has 4 heteroatoms. The maximum Gasteiger partial charge on any atom is 0.123 e. The number of nitrogens with zero attached hydrogens (tertiary/aromatic N) is 2. The summed E-state index contributed by atoms with van der Waals surface area (Å²) in [6.07, 6.45) is 3.37. The third-order valence-corrected chi connectivity index (χ3v) is 2.64. The summed E-state index contributed by atoms with van der Waals surface area (Å²) in [5, 5.41) is 0.647. The third-order valence-electron chi connectivity index (χ3n) is 2.35. The molecule has 0 saturated carbocycles. The van der Waals surface area contributed by atoms with Gasteiger partial charge in [-0.3, -0.25) is 4.98 Å². The lowest BCUT2D eigenvalue weighted by Gasteiger charge is -2.18. The van der Waals surface area contributed by atoms with Gasteiger partial charge >= 0.3 is 0 Å². The molecule has 0 aliphatic carbocycles. The van der Waals surface area contributed by atoms with Gasteiger partial charge in [0.2, 0.25) is 0 Å². The number of rotatable bonds is 3. The lowest BCUT2D eigenvalue weighted by Crippen LogP contribution is -2.16. The van der Waals surface area contributed by atoms with E-state index in [4.69, 9.17) is 16.0 Å².